The van der Waals surface area contributed by atoms with Gasteiger partial charge in [0.1, 0.15) is 0 Å². The van der Waals surface area contributed by atoms with Gasteiger partial charge in [0.05, 0.1) is 0 Å². The van der Waals surface area contributed by atoms with Gasteiger partial charge in [0.15, 0.2) is 0 Å². The molecule has 0 aliphatic carbocycles. The van der Waals surface area contributed by atoms with Crippen LogP contribution < -0.4 is 5.73 Å². The first-order chi connectivity index (χ1) is 9.06. The van der Waals surface area contributed by atoms with Gasteiger partial charge < -0.3 is 5.73 Å². The van der Waals surface area contributed by atoms with Gasteiger partial charge in [0.2, 0.25) is 0 Å². The molecule has 2 aromatic rings. The molecule has 4 heteroatoms. The van der Waals surface area contributed by atoms with Crippen LogP contribution in [-0.4, -0.2) is 6.04 Å². The predicted octanol–water partition coefficient (Wildman–Crippen LogP) is 4.87. The van der Waals surface area contributed by atoms with Crippen molar-refractivity contribution in [2.75, 3.05) is 0 Å². The van der Waals surface area contributed by atoms with Crippen LogP contribution in [0.5, 0.6) is 0 Å². The van der Waals surface area contributed by atoms with Crippen LogP contribution in [0, 0.1) is 0 Å². The van der Waals surface area contributed by atoms with E-state index < -0.39 is 0 Å². The van der Waals surface area contributed by atoms with E-state index >= 15 is 0 Å². The molecule has 0 aromatic heterocycles. The first-order valence-electron chi connectivity index (χ1n) is 5.99. The molecule has 1 atom stereocenters. The van der Waals surface area contributed by atoms with Crippen molar-refractivity contribution in [2.24, 2.45) is 5.73 Å². The smallest absolute Gasteiger partial charge is 0.0439 e. The number of rotatable bonds is 4. The Morgan fingerprint density at radius 3 is 2.42 bits per heavy atom. The molecule has 2 N–H and O–H groups in total. The summed E-state index contributed by atoms with van der Waals surface area (Å²) in [4.78, 5) is 0. The summed E-state index contributed by atoms with van der Waals surface area (Å²) in [5, 5.41) is 1.40. The summed E-state index contributed by atoms with van der Waals surface area (Å²) in [5.74, 6) is 0. The zero-order valence-electron chi connectivity index (χ0n) is 10.2. The fourth-order valence-electron chi connectivity index (χ4n) is 2.00. The highest BCUT2D eigenvalue weighted by atomic mass is 79.9. The number of nitrogens with two attached hydrogens (primary N) is 1. The van der Waals surface area contributed by atoms with Gasteiger partial charge in [-0.1, -0.05) is 57.3 Å². The average Bonchev–Trinajstić information content (AvgIpc) is 2.37. The zero-order chi connectivity index (χ0) is 13.8. The number of hydrogen-bond donors (Lipinski definition) is 1. The number of hydrogen-bond acceptors (Lipinski definition) is 1. The molecule has 0 spiro atoms. The number of halogens is 3. The Balaban J connectivity index is 2.07. The lowest BCUT2D eigenvalue weighted by atomic mass is 10.00. The highest BCUT2D eigenvalue weighted by molar-refractivity contribution is 9.10. The first kappa shape index (κ1) is 14.9. The molecule has 0 aliphatic rings. The second-order valence-electron chi connectivity index (χ2n) is 4.50. The van der Waals surface area contributed by atoms with Crippen molar-refractivity contribution < 1.29 is 0 Å². The minimum atomic E-state index is 0.00895. The largest absolute Gasteiger partial charge is 0.327 e. The predicted molar refractivity (Wildman–Crippen MR) is 86.0 cm³/mol. The van der Waals surface area contributed by atoms with E-state index in [9.17, 15) is 0 Å². The van der Waals surface area contributed by atoms with Gasteiger partial charge in [-0.15, -0.1) is 0 Å². The molecule has 0 bridgehead atoms. The van der Waals surface area contributed by atoms with Crippen LogP contribution >= 0.6 is 39.1 Å². The Morgan fingerprint density at radius 1 is 1.00 bits per heavy atom. The topological polar surface area (TPSA) is 26.0 Å². The molecule has 1 nitrogen and oxygen atoms in total. The molecule has 2 aromatic carbocycles. The van der Waals surface area contributed by atoms with Crippen LogP contribution in [0.25, 0.3) is 0 Å². The van der Waals surface area contributed by atoms with Crippen molar-refractivity contribution in [2.45, 2.75) is 18.9 Å². The standard InChI is InChI=1S/C15H14BrCl2N/c16-14-4-2-1-3-10(14)8-13(19)9-11-7-12(17)5-6-15(11)18/h1-7,13H,8-9,19H2. The highest BCUT2D eigenvalue weighted by Gasteiger charge is 2.10. The van der Waals surface area contributed by atoms with E-state index in [1.807, 2.05) is 30.3 Å². The molecular formula is C15H14BrCl2N. The zero-order valence-corrected chi connectivity index (χ0v) is 13.3. The maximum absolute atomic E-state index is 6.20. The van der Waals surface area contributed by atoms with E-state index in [2.05, 4.69) is 22.0 Å². The lowest BCUT2D eigenvalue weighted by Gasteiger charge is -2.14. The maximum atomic E-state index is 6.20. The minimum absolute atomic E-state index is 0.00895. The van der Waals surface area contributed by atoms with Gasteiger partial charge in [0, 0.05) is 20.6 Å². The van der Waals surface area contributed by atoms with Crippen LogP contribution in [0.4, 0.5) is 0 Å². The minimum Gasteiger partial charge on any atom is -0.327 e. The molecule has 0 saturated carbocycles. The summed E-state index contributed by atoms with van der Waals surface area (Å²) in [6, 6.07) is 13.6. The van der Waals surface area contributed by atoms with Crippen LogP contribution in [0.3, 0.4) is 0 Å². The first-order valence-corrected chi connectivity index (χ1v) is 7.54. The summed E-state index contributed by atoms with van der Waals surface area (Å²) in [6.45, 7) is 0. The Kier molecular flexibility index (Phi) is 5.28. The molecule has 0 saturated heterocycles. The highest BCUT2D eigenvalue weighted by Crippen LogP contribution is 2.23. The van der Waals surface area contributed by atoms with Crippen LogP contribution in [0.2, 0.25) is 10.0 Å². The summed E-state index contributed by atoms with van der Waals surface area (Å²) in [5.41, 5.74) is 8.40. The molecule has 0 heterocycles. The van der Waals surface area contributed by atoms with Crippen molar-refractivity contribution in [3.63, 3.8) is 0 Å². The summed E-state index contributed by atoms with van der Waals surface area (Å²) < 4.78 is 1.09. The Morgan fingerprint density at radius 2 is 1.68 bits per heavy atom. The third-order valence-electron chi connectivity index (χ3n) is 2.93. The molecule has 100 valence electrons. The van der Waals surface area contributed by atoms with Crippen LogP contribution in [-0.2, 0) is 12.8 Å². The van der Waals surface area contributed by atoms with Crippen molar-refractivity contribution >= 4 is 39.1 Å². The lowest BCUT2D eigenvalue weighted by Crippen LogP contribution is -2.25. The van der Waals surface area contributed by atoms with Crippen molar-refractivity contribution in [3.8, 4) is 0 Å². The summed E-state index contributed by atoms with van der Waals surface area (Å²) in [6.07, 6.45) is 1.50. The molecule has 0 radical (unpaired) electrons. The lowest BCUT2D eigenvalue weighted by molar-refractivity contribution is 0.663. The van der Waals surface area contributed by atoms with E-state index in [4.69, 9.17) is 28.9 Å². The van der Waals surface area contributed by atoms with Crippen molar-refractivity contribution in [3.05, 3.63) is 68.1 Å². The third kappa shape index (κ3) is 4.22. The SMILES string of the molecule is NC(Cc1cc(Cl)ccc1Cl)Cc1ccccc1Br. The fourth-order valence-corrected chi connectivity index (χ4v) is 2.84. The van der Waals surface area contributed by atoms with E-state index in [-0.39, 0.29) is 6.04 Å². The van der Waals surface area contributed by atoms with Gasteiger partial charge in [0.25, 0.3) is 0 Å². The molecule has 0 amide bonds. The van der Waals surface area contributed by atoms with Crippen molar-refractivity contribution in [1.29, 1.82) is 0 Å². The van der Waals surface area contributed by atoms with Gasteiger partial charge in [-0.3, -0.25) is 0 Å². The number of benzene rings is 2. The average molecular weight is 359 g/mol. The van der Waals surface area contributed by atoms with E-state index in [0.717, 1.165) is 16.5 Å². The van der Waals surface area contributed by atoms with E-state index in [1.54, 1.807) is 6.07 Å². The van der Waals surface area contributed by atoms with Crippen LogP contribution in [0.15, 0.2) is 46.9 Å². The second kappa shape index (κ2) is 6.76. The molecule has 0 fully saturated rings. The quantitative estimate of drug-likeness (QED) is 0.828. The Labute approximate surface area is 131 Å². The van der Waals surface area contributed by atoms with Gasteiger partial charge >= 0.3 is 0 Å². The molecule has 2 rings (SSSR count). The molecular weight excluding hydrogens is 345 g/mol. The fraction of sp³-hybridized carbons (Fsp3) is 0.200. The van der Waals surface area contributed by atoms with Gasteiger partial charge in [-0.2, -0.15) is 0 Å². The normalized spacial score (nSPS) is 12.4. The third-order valence-corrected chi connectivity index (χ3v) is 4.31. The monoisotopic (exact) mass is 357 g/mol. The Hall–Kier alpha value is -0.540. The molecule has 1 unspecified atom stereocenters. The Bertz CT molecular complexity index is 572. The summed E-state index contributed by atoms with van der Waals surface area (Å²) >= 11 is 15.7. The maximum Gasteiger partial charge on any atom is 0.0439 e. The van der Waals surface area contributed by atoms with Crippen molar-refractivity contribution in [1.82, 2.24) is 0 Å². The van der Waals surface area contributed by atoms with Gasteiger partial charge in [-0.25, -0.2) is 0 Å². The van der Waals surface area contributed by atoms with E-state index in [0.29, 0.717) is 16.5 Å². The van der Waals surface area contributed by atoms with E-state index in [1.165, 1.54) is 5.56 Å². The molecule has 0 aliphatic heterocycles. The second-order valence-corrected chi connectivity index (χ2v) is 6.19. The molecule has 19 heavy (non-hydrogen) atoms. The van der Waals surface area contributed by atoms with Gasteiger partial charge in [-0.05, 0) is 48.2 Å². The summed E-state index contributed by atoms with van der Waals surface area (Å²) in [7, 11) is 0. The van der Waals surface area contributed by atoms with Crippen LogP contribution in [0.1, 0.15) is 11.1 Å².